The summed E-state index contributed by atoms with van der Waals surface area (Å²) >= 11 is 0. The molecule has 12 nitrogen and oxygen atoms in total. The number of nitrogens with two attached hydrogens (primary N) is 1. The zero-order chi connectivity index (χ0) is 31.5. The summed E-state index contributed by atoms with van der Waals surface area (Å²) in [5.41, 5.74) is 2.14. The van der Waals surface area contributed by atoms with Gasteiger partial charge in [-0.25, -0.2) is 19.2 Å². The Morgan fingerprint density at radius 3 is 1.63 bits per heavy atom. The first-order chi connectivity index (χ1) is 18.7. The van der Waals surface area contributed by atoms with Crippen molar-refractivity contribution in [3.05, 3.63) is 35.9 Å². The Kier molecular flexibility index (Phi) is 12.9. The van der Waals surface area contributed by atoms with Crippen LogP contribution in [0, 0.1) is 0 Å². The summed E-state index contributed by atoms with van der Waals surface area (Å²) in [5, 5.41) is 8.35. The summed E-state index contributed by atoms with van der Waals surface area (Å²) in [6.45, 7) is 14.9. The van der Waals surface area contributed by atoms with Crippen molar-refractivity contribution < 1.29 is 38.1 Å². The van der Waals surface area contributed by atoms with Crippen molar-refractivity contribution in [3.63, 3.8) is 0 Å². The Bertz CT molecular complexity index is 978. The minimum Gasteiger partial charge on any atom is -0.458 e. The van der Waals surface area contributed by atoms with Crippen LogP contribution in [0.4, 0.5) is 14.4 Å². The molecule has 0 aromatic heterocycles. The first-order valence-electron chi connectivity index (χ1n) is 13.6. The number of esters is 1. The average molecular weight is 581 g/mol. The van der Waals surface area contributed by atoms with Crippen LogP contribution in [0.25, 0.3) is 0 Å². The number of ether oxygens (including phenoxy) is 4. The minimum absolute atomic E-state index is 0.121. The standard InChI is InChI=1S/C29H48N4O8/c1-26(2,3)39-22(34)29(18-31-24(36)40-27(4,5)6,19-32-25(37)41-28(7,8)9)33-16-15-21(38-23(30)35)17-20-13-11-10-12-14-20/h10-14,21,33H,15-19H2,1-9H3,(H2,30,35)(H,31,36)(H,32,37). The van der Waals surface area contributed by atoms with E-state index < -0.39 is 52.7 Å². The molecule has 5 N–H and O–H groups in total. The number of amides is 3. The van der Waals surface area contributed by atoms with Crippen molar-refractivity contribution >= 4 is 24.2 Å². The van der Waals surface area contributed by atoms with Crippen molar-refractivity contribution in [1.82, 2.24) is 16.0 Å². The highest BCUT2D eigenvalue weighted by atomic mass is 16.6. The van der Waals surface area contributed by atoms with Crippen molar-refractivity contribution in [2.45, 2.75) is 104 Å². The first-order valence-corrected chi connectivity index (χ1v) is 13.6. The average Bonchev–Trinajstić information content (AvgIpc) is 2.77. The molecular formula is C29H48N4O8. The molecule has 1 aromatic rings. The van der Waals surface area contributed by atoms with Crippen molar-refractivity contribution in [1.29, 1.82) is 0 Å². The Labute approximate surface area is 243 Å². The van der Waals surface area contributed by atoms with E-state index in [1.54, 1.807) is 62.3 Å². The normalized spacial score (nSPS) is 13.0. The maximum absolute atomic E-state index is 13.6. The number of hydrogen-bond acceptors (Lipinski definition) is 9. The van der Waals surface area contributed by atoms with Gasteiger partial charge >= 0.3 is 24.2 Å². The van der Waals surface area contributed by atoms with Crippen molar-refractivity contribution in [2.24, 2.45) is 5.73 Å². The van der Waals surface area contributed by atoms with Gasteiger partial charge in [0.2, 0.25) is 0 Å². The van der Waals surface area contributed by atoms with E-state index in [-0.39, 0.29) is 26.1 Å². The van der Waals surface area contributed by atoms with Crippen LogP contribution in [-0.2, 0) is 30.2 Å². The number of primary amides is 1. The molecule has 1 atom stereocenters. The third kappa shape index (κ3) is 15.7. The lowest BCUT2D eigenvalue weighted by atomic mass is 9.97. The predicted octanol–water partition coefficient (Wildman–Crippen LogP) is 3.80. The number of carbonyl (C=O) groups is 4. The lowest BCUT2D eigenvalue weighted by molar-refractivity contribution is -0.163. The van der Waals surface area contributed by atoms with Crippen LogP contribution in [0.1, 0.15) is 74.3 Å². The molecule has 3 amide bonds. The van der Waals surface area contributed by atoms with Crippen LogP contribution in [0.3, 0.4) is 0 Å². The third-order valence-corrected chi connectivity index (χ3v) is 5.18. The van der Waals surface area contributed by atoms with Gasteiger partial charge in [-0.05, 0) is 80.8 Å². The maximum Gasteiger partial charge on any atom is 0.407 e. The summed E-state index contributed by atoms with van der Waals surface area (Å²) in [7, 11) is 0. The van der Waals surface area contributed by atoms with Gasteiger partial charge in [-0.1, -0.05) is 30.3 Å². The summed E-state index contributed by atoms with van der Waals surface area (Å²) in [4.78, 5) is 50.3. The van der Waals surface area contributed by atoms with Gasteiger partial charge in [0.25, 0.3) is 0 Å². The summed E-state index contributed by atoms with van der Waals surface area (Å²) in [5.74, 6) is -0.729. The predicted molar refractivity (Wildman–Crippen MR) is 154 cm³/mol. The van der Waals surface area contributed by atoms with Gasteiger partial charge in [0.15, 0.2) is 5.54 Å². The fourth-order valence-corrected chi connectivity index (χ4v) is 3.57. The monoisotopic (exact) mass is 580 g/mol. The van der Waals surface area contributed by atoms with E-state index in [2.05, 4.69) is 16.0 Å². The fourth-order valence-electron chi connectivity index (χ4n) is 3.57. The van der Waals surface area contributed by atoms with Crippen LogP contribution in [0.2, 0.25) is 0 Å². The third-order valence-electron chi connectivity index (χ3n) is 5.18. The molecule has 0 spiro atoms. The minimum atomic E-state index is -1.65. The van der Waals surface area contributed by atoms with E-state index in [1.165, 1.54) is 0 Å². The highest BCUT2D eigenvalue weighted by Crippen LogP contribution is 2.17. The fraction of sp³-hybridized carbons (Fsp3) is 0.655. The smallest absolute Gasteiger partial charge is 0.407 e. The molecule has 0 aliphatic heterocycles. The topological polar surface area (TPSA) is 167 Å². The van der Waals surface area contributed by atoms with Crippen LogP contribution in [0.5, 0.6) is 0 Å². The lowest BCUT2D eigenvalue weighted by Gasteiger charge is -2.36. The van der Waals surface area contributed by atoms with Gasteiger partial charge in [-0.2, -0.15) is 0 Å². The molecule has 0 fully saturated rings. The summed E-state index contributed by atoms with van der Waals surface area (Å²) in [6, 6.07) is 9.40. The Morgan fingerprint density at radius 1 is 0.756 bits per heavy atom. The molecule has 0 saturated carbocycles. The van der Waals surface area contributed by atoms with Crippen LogP contribution < -0.4 is 21.7 Å². The summed E-state index contributed by atoms with van der Waals surface area (Å²) < 4.78 is 21.7. The molecule has 0 heterocycles. The zero-order valence-electron chi connectivity index (χ0n) is 25.8. The lowest BCUT2D eigenvalue weighted by Crippen LogP contribution is -2.66. The molecule has 1 aromatic carbocycles. The largest absolute Gasteiger partial charge is 0.458 e. The molecule has 0 saturated heterocycles. The highest BCUT2D eigenvalue weighted by Gasteiger charge is 2.43. The van der Waals surface area contributed by atoms with Gasteiger partial charge in [0, 0.05) is 6.42 Å². The SMILES string of the molecule is CC(C)(C)OC(=O)NCC(CNC(=O)OC(C)(C)C)(NCCC(Cc1ccccc1)OC(N)=O)C(=O)OC(C)(C)C. The first kappa shape index (κ1) is 35.5. The zero-order valence-corrected chi connectivity index (χ0v) is 25.8. The number of rotatable bonds is 12. The number of alkyl carbamates (subject to hydrolysis) is 2. The molecule has 0 aliphatic carbocycles. The molecule has 0 bridgehead atoms. The highest BCUT2D eigenvalue weighted by molar-refractivity contribution is 5.84. The number of carbonyl (C=O) groups excluding carboxylic acids is 4. The molecule has 232 valence electrons. The van der Waals surface area contributed by atoms with Gasteiger partial charge in [0.05, 0.1) is 13.1 Å². The van der Waals surface area contributed by atoms with E-state index >= 15 is 0 Å². The van der Waals surface area contributed by atoms with Gasteiger partial charge in [-0.15, -0.1) is 0 Å². The molecule has 12 heteroatoms. The van der Waals surface area contributed by atoms with E-state index in [1.807, 2.05) is 30.3 Å². The van der Waals surface area contributed by atoms with Crippen molar-refractivity contribution in [3.8, 4) is 0 Å². The number of nitrogens with one attached hydrogen (secondary N) is 3. The Morgan fingerprint density at radius 2 is 1.22 bits per heavy atom. The molecule has 41 heavy (non-hydrogen) atoms. The van der Waals surface area contributed by atoms with E-state index in [4.69, 9.17) is 24.7 Å². The van der Waals surface area contributed by atoms with Gasteiger partial charge < -0.3 is 35.3 Å². The second-order valence-corrected chi connectivity index (χ2v) is 12.8. The second kappa shape index (κ2) is 14.9. The number of benzene rings is 1. The van der Waals surface area contributed by atoms with Crippen LogP contribution >= 0.6 is 0 Å². The summed E-state index contributed by atoms with van der Waals surface area (Å²) in [6.07, 6.45) is -2.43. The van der Waals surface area contributed by atoms with Crippen LogP contribution in [-0.4, -0.2) is 72.3 Å². The quantitative estimate of drug-likeness (QED) is 0.212. The molecule has 0 aliphatic rings. The molecular weight excluding hydrogens is 532 g/mol. The second-order valence-electron chi connectivity index (χ2n) is 12.8. The van der Waals surface area contributed by atoms with E-state index in [0.29, 0.717) is 6.42 Å². The number of hydrogen-bond donors (Lipinski definition) is 4. The molecule has 1 rings (SSSR count). The molecule has 0 radical (unpaired) electrons. The van der Waals surface area contributed by atoms with Crippen molar-refractivity contribution in [2.75, 3.05) is 19.6 Å². The Balaban J connectivity index is 3.26. The van der Waals surface area contributed by atoms with E-state index in [9.17, 15) is 19.2 Å². The van der Waals surface area contributed by atoms with E-state index in [0.717, 1.165) is 5.56 Å². The Hall–Kier alpha value is -3.54. The van der Waals surface area contributed by atoms with Gasteiger partial charge in [-0.3, -0.25) is 5.32 Å². The van der Waals surface area contributed by atoms with Crippen LogP contribution in [0.15, 0.2) is 30.3 Å². The van der Waals surface area contributed by atoms with Gasteiger partial charge in [0.1, 0.15) is 22.9 Å². The molecule has 1 unspecified atom stereocenters. The maximum atomic E-state index is 13.6.